The summed E-state index contributed by atoms with van der Waals surface area (Å²) in [5.74, 6) is 0.826. The SMILES string of the molecule is C[C@@H]1C=C[C@H](COC(=O)c2ccccc2)CC1. The van der Waals surface area contributed by atoms with Gasteiger partial charge in [0.2, 0.25) is 0 Å². The molecule has 0 spiro atoms. The maximum Gasteiger partial charge on any atom is 0.338 e. The number of esters is 1. The van der Waals surface area contributed by atoms with Crippen molar-refractivity contribution in [3.63, 3.8) is 0 Å². The molecule has 0 N–H and O–H groups in total. The third-order valence-corrected chi connectivity index (χ3v) is 3.14. The fourth-order valence-corrected chi connectivity index (χ4v) is 2.00. The molecule has 1 aliphatic rings. The Morgan fingerprint density at radius 2 is 2.00 bits per heavy atom. The van der Waals surface area contributed by atoms with Crippen molar-refractivity contribution in [3.05, 3.63) is 48.0 Å². The van der Waals surface area contributed by atoms with Gasteiger partial charge in [-0.15, -0.1) is 0 Å². The summed E-state index contributed by atoms with van der Waals surface area (Å²) in [6.07, 6.45) is 6.68. The number of rotatable bonds is 3. The quantitative estimate of drug-likeness (QED) is 0.587. The number of benzene rings is 1. The van der Waals surface area contributed by atoms with E-state index in [1.165, 1.54) is 6.42 Å². The van der Waals surface area contributed by atoms with Gasteiger partial charge in [-0.2, -0.15) is 0 Å². The van der Waals surface area contributed by atoms with Crippen molar-refractivity contribution >= 4 is 5.97 Å². The molecule has 0 fully saturated rings. The van der Waals surface area contributed by atoms with E-state index in [9.17, 15) is 4.79 Å². The fourth-order valence-electron chi connectivity index (χ4n) is 2.00. The second kappa shape index (κ2) is 5.67. The summed E-state index contributed by atoms with van der Waals surface area (Å²) in [5.41, 5.74) is 0.626. The van der Waals surface area contributed by atoms with Gasteiger partial charge in [-0.1, -0.05) is 37.3 Å². The van der Waals surface area contributed by atoms with Crippen molar-refractivity contribution in [1.82, 2.24) is 0 Å². The molecule has 0 saturated carbocycles. The molecule has 1 aromatic rings. The van der Waals surface area contributed by atoms with Gasteiger partial charge >= 0.3 is 5.97 Å². The summed E-state index contributed by atoms with van der Waals surface area (Å²) < 4.78 is 5.31. The lowest BCUT2D eigenvalue weighted by molar-refractivity contribution is 0.0455. The van der Waals surface area contributed by atoms with Crippen LogP contribution < -0.4 is 0 Å². The summed E-state index contributed by atoms with van der Waals surface area (Å²) in [6.45, 7) is 2.71. The molecule has 90 valence electrons. The third kappa shape index (κ3) is 3.45. The van der Waals surface area contributed by atoms with Crippen LogP contribution in [0.1, 0.15) is 30.1 Å². The smallest absolute Gasteiger partial charge is 0.338 e. The zero-order valence-electron chi connectivity index (χ0n) is 10.1. The molecule has 1 aromatic carbocycles. The minimum absolute atomic E-state index is 0.224. The third-order valence-electron chi connectivity index (χ3n) is 3.14. The van der Waals surface area contributed by atoms with E-state index >= 15 is 0 Å². The minimum Gasteiger partial charge on any atom is -0.461 e. The molecule has 2 heteroatoms. The van der Waals surface area contributed by atoms with Crippen molar-refractivity contribution in [1.29, 1.82) is 0 Å². The Hall–Kier alpha value is -1.57. The number of carbonyl (C=O) groups excluding carboxylic acids is 1. The first kappa shape index (κ1) is 11.9. The van der Waals surface area contributed by atoms with Crippen LogP contribution >= 0.6 is 0 Å². The molecule has 2 nitrogen and oxygen atoms in total. The summed E-state index contributed by atoms with van der Waals surface area (Å²) in [4.78, 5) is 11.7. The van der Waals surface area contributed by atoms with Crippen LogP contribution in [0.15, 0.2) is 42.5 Å². The van der Waals surface area contributed by atoms with Gasteiger partial charge in [0, 0.05) is 5.92 Å². The molecular formula is C15H18O2. The Morgan fingerprint density at radius 1 is 1.24 bits per heavy atom. The Bertz CT molecular complexity index is 395. The van der Waals surface area contributed by atoms with Gasteiger partial charge in [-0.3, -0.25) is 0 Å². The summed E-state index contributed by atoms with van der Waals surface area (Å²) >= 11 is 0. The number of ether oxygens (including phenoxy) is 1. The van der Waals surface area contributed by atoms with E-state index in [4.69, 9.17) is 4.74 Å². The topological polar surface area (TPSA) is 26.3 Å². The monoisotopic (exact) mass is 230 g/mol. The fraction of sp³-hybridized carbons (Fsp3) is 0.400. The Morgan fingerprint density at radius 3 is 2.65 bits per heavy atom. The average molecular weight is 230 g/mol. The van der Waals surface area contributed by atoms with Crippen LogP contribution in [-0.4, -0.2) is 12.6 Å². The zero-order chi connectivity index (χ0) is 12.1. The van der Waals surface area contributed by atoms with E-state index in [0.717, 1.165) is 6.42 Å². The molecule has 0 saturated heterocycles. The number of carbonyl (C=O) groups is 1. The van der Waals surface area contributed by atoms with Crippen LogP contribution in [0.3, 0.4) is 0 Å². The first-order chi connectivity index (χ1) is 8.25. The highest BCUT2D eigenvalue weighted by molar-refractivity contribution is 5.89. The lowest BCUT2D eigenvalue weighted by atomic mass is 9.90. The molecule has 0 heterocycles. The van der Waals surface area contributed by atoms with E-state index in [1.54, 1.807) is 12.1 Å². The zero-order valence-corrected chi connectivity index (χ0v) is 10.1. The highest BCUT2D eigenvalue weighted by atomic mass is 16.5. The highest BCUT2D eigenvalue weighted by Gasteiger charge is 2.15. The summed E-state index contributed by atoms with van der Waals surface area (Å²) in [6, 6.07) is 9.14. The molecule has 0 aromatic heterocycles. The second-order valence-corrected chi connectivity index (χ2v) is 4.66. The van der Waals surface area contributed by atoms with E-state index in [0.29, 0.717) is 24.0 Å². The van der Waals surface area contributed by atoms with Gasteiger partial charge in [0.1, 0.15) is 0 Å². The van der Waals surface area contributed by atoms with E-state index in [-0.39, 0.29) is 5.97 Å². The maximum absolute atomic E-state index is 11.7. The number of allylic oxidation sites excluding steroid dienone is 1. The van der Waals surface area contributed by atoms with Crippen LogP contribution in [0.4, 0.5) is 0 Å². The predicted octanol–water partition coefficient (Wildman–Crippen LogP) is 3.45. The first-order valence-corrected chi connectivity index (χ1v) is 6.16. The van der Waals surface area contributed by atoms with Crippen LogP contribution in [0.25, 0.3) is 0 Å². The van der Waals surface area contributed by atoms with Crippen molar-refractivity contribution in [2.24, 2.45) is 11.8 Å². The molecule has 17 heavy (non-hydrogen) atoms. The van der Waals surface area contributed by atoms with E-state index in [2.05, 4.69) is 19.1 Å². The van der Waals surface area contributed by atoms with Crippen LogP contribution in [0.2, 0.25) is 0 Å². The second-order valence-electron chi connectivity index (χ2n) is 4.66. The molecule has 1 aliphatic carbocycles. The Labute approximate surface area is 102 Å². The Kier molecular flexibility index (Phi) is 3.97. The van der Waals surface area contributed by atoms with Crippen molar-refractivity contribution in [2.75, 3.05) is 6.61 Å². The van der Waals surface area contributed by atoms with E-state index < -0.39 is 0 Å². The average Bonchev–Trinajstić information content (AvgIpc) is 2.39. The normalized spacial score (nSPS) is 23.4. The van der Waals surface area contributed by atoms with Gasteiger partial charge in [-0.05, 0) is 30.9 Å². The summed E-state index contributed by atoms with van der Waals surface area (Å²) in [5, 5.41) is 0. The van der Waals surface area contributed by atoms with Gasteiger partial charge in [0.05, 0.1) is 12.2 Å². The van der Waals surface area contributed by atoms with Crippen LogP contribution in [0, 0.1) is 11.8 Å². The number of hydrogen-bond donors (Lipinski definition) is 0. The molecule has 0 amide bonds. The van der Waals surface area contributed by atoms with Gasteiger partial charge in [0.15, 0.2) is 0 Å². The van der Waals surface area contributed by atoms with Crippen molar-refractivity contribution in [3.8, 4) is 0 Å². The lowest BCUT2D eigenvalue weighted by Gasteiger charge is -2.19. The molecule has 0 aliphatic heterocycles. The van der Waals surface area contributed by atoms with Gasteiger partial charge in [0.25, 0.3) is 0 Å². The van der Waals surface area contributed by atoms with Crippen molar-refractivity contribution in [2.45, 2.75) is 19.8 Å². The van der Waals surface area contributed by atoms with Crippen LogP contribution in [-0.2, 0) is 4.74 Å². The van der Waals surface area contributed by atoms with Gasteiger partial charge in [-0.25, -0.2) is 4.79 Å². The Balaban J connectivity index is 1.83. The molecule has 0 radical (unpaired) electrons. The van der Waals surface area contributed by atoms with Gasteiger partial charge < -0.3 is 4.74 Å². The van der Waals surface area contributed by atoms with Crippen molar-refractivity contribution < 1.29 is 9.53 Å². The molecule has 0 bridgehead atoms. The number of hydrogen-bond acceptors (Lipinski definition) is 2. The first-order valence-electron chi connectivity index (χ1n) is 6.16. The molecule has 2 rings (SSSR count). The minimum atomic E-state index is -0.224. The molecule has 0 unspecified atom stereocenters. The molecule has 2 atom stereocenters. The summed E-state index contributed by atoms with van der Waals surface area (Å²) in [7, 11) is 0. The largest absolute Gasteiger partial charge is 0.461 e. The highest BCUT2D eigenvalue weighted by Crippen LogP contribution is 2.22. The standard InChI is InChI=1S/C15H18O2/c1-12-7-9-13(10-8-12)11-17-15(16)14-5-3-2-4-6-14/h2-7,9,12-13H,8,10-11H2,1H3/t12-,13+/m1/s1. The predicted molar refractivity (Wildman–Crippen MR) is 67.8 cm³/mol. The molecular weight excluding hydrogens is 212 g/mol. The maximum atomic E-state index is 11.7. The van der Waals surface area contributed by atoms with Crippen LogP contribution in [0.5, 0.6) is 0 Å². The van der Waals surface area contributed by atoms with E-state index in [1.807, 2.05) is 18.2 Å². The lowest BCUT2D eigenvalue weighted by Crippen LogP contribution is -2.16.